The van der Waals surface area contributed by atoms with Crippen molar-refractivity contribution in [3.63, 3.8) is 0 Å². The second kappa shape index (κ2) is 6.39. The van der Waals surface area contributed by atoms with Gasteiger partial charge in [-0.15, -0.1) is 0 Å². The highest BCUT2D eigenvalue weighted by Gasteiger charge is 2.16. The minimum absolute atomic E-state index is 0.0828. The number of amides is 1. The first-order chi connectivity index (χ1) is 11.9. The van der Waals surface area contributed by atoms with E-state index in [2.05, 4.69) is 15.3 Å². The quantitative estimate of drug-likeness (QED) is 0.765. The molecule has 5 nitrogen and oxygen atoms in total. The molecule has 2 N–H and O–H groups in total. The number of aromatic nitrogens is 2. The van der Waals surface area contributed by atoms with Crippen molar-refractivity contribution in [1.82, 2.24) is 15.3 Å². The number of fused-ring (bicyclic) bond motifs is 1. The van der Waals surface area contributed by atoms with Crippen LogP contribution in [0.5, 0.6) is 0 Å². The number of aromatic amines is 1. The molecular weight excluding hydrogens is 335 g/mol. The van der Waals surface area contributed by atoms with Crippen LogP contribution >= 0.6 is 0 Å². The van der Waals surface area contributed by atoms with Crippen LogP contribution in [0, 0.1) is 24.4 Å². The van der Waals surface area contributed by atoms with Crippen molar-refractivity contribution in [2.75, 3.05) is 0 Å². The molecule has 1 heterocycles. The summed E-state index contributed by atoms with van der Waals surface area (Å²) in [6, 6.07) is 6.31. The Balaban J connectivity index is 1.86. The Morgan fingerprint density at radius 1 is 1.16 bits per heavy atom. The Kier molecular flexibility index (Phi) is 4.26. The number of hydrogen-bond acceptors (Lipinski definition) is 3. The summed E-state index contributed by atoms with van der Waals surface area (Å²) in [7, 11) is 0. The molecule has 0 aliphatic rings. The fourth-order valence-electron chi connectivity index (χ4n) is 2.36. The van der Waals surface area contributed by atoms with Crippen molar-refractivity contribution in [3.05, 3.63) is 75.1 Å². The zero-order valence-electron chi connectivity index (χ0n) is 13.0. The molecule has 1 aromatic heterocycles. The lowest BCUT2D eigenvalue weighted by molar-refractivity contribution is 0.0940. The van der Waals surface area contributed by atoms with E-state index in [1.165, 1.54) is 12.1 Å². The summed E-state index contributed by atoms with van der Waals surface area (Å²) >= 11 is 0. The van der Waals surface area contributed by atoms with Crippen LogP contribution in [0.2, 0.25) is 0 Å². The lowest BCUT2D eigenvalue weighted by Gasteiger charge is -2.07. The minimum atomic E-state index is -1.32. The summed E-state index contributed by atoms with van der Waals surface area (Å²) in [4.78, 5) is 30.0. The van der Waals surface area contributed by atoms with Gasteiger partial charge >= 0.3 is 0 Å². The third kappa shape index (κ3) is 3.23. The molecule has 0 unspecified atom stereocenters. The van der Waals surface area contributed by atoms with Gasteiger partial charge < -0.3 is 10.3 Å². The van der Waals surface area contributed by atoms with Crippen LogP contribution in [0.3, 0.4) is 0 Å². The first-order valence-corrected chi connectivity index (χ1v) is 7.28. The monoisotopic (exact) mass is 347 g/mol. The molecule has 0 spiro atoms. The average molecular weight is 347 g/mol. The number of halogens is 3. The number of nitrogens with one attached hydrogen (secondary N) is 2. The fraction of sp³-hybridized carbons (Fsp3) is 0.118. The number of benzene rings is 2. The second-order valence-corrected chi connectivity index (χ2v) is 5.44. The van der Waals surface area contributed by atoms with E-state index >= 15 is 0 Å². The normalized spacial score (nSPS) is 10.9. The smallest absolute Gasteiger partial charge is 0.287 e. The van der Waals surface area contributed by atoms with Crippen LogP contribution in [0.1, 0.15) is 21.7 Å². The standard InChI is InChI=1S/C17H12F3N3O2/c1-8-6-9(2-3-10(8)18)7-21-17(25)15-22-12-5-4-11(19)14(20)13(12)16(24)23-15/h2-6H,7H2,1H3,(H,21,25)(H,22,23,24). The molecule has 3 aromatic rings. The van der Waals surface area contributed by atoms with Crippen molar-refractivity contribution in [1.29, 1.82) is 0 Å². The highest BCUT2D eigenvalue weighted by molar-refractivity contribution is 5.92. The van der Waals surface area contributed by atoms with Gasteiger partial charge in [0.05, 0.1) is 5.52 Å². The summed E-state index contributed by atoms with van der Waals surface area (Å²) < 4.78 is 40.1. The van der Waals surface area contributed by atoms with Crippen molar-refractivity contribution >= 4 is 16.8 Å². The summed E-state index contributed by atoms with van der Waals surface area (Å²) in [6.45, 7) is 1.68. The number of H-pyrrole nitrogens is 1. The molecule has 0 bridgehead atoms. The Morgan fingerprint density at radius 2 is 1.88 bits per heavy atom. The van der Waals surface area contributed by atoms with Crippen LogP contribution in [0.15, 0.2) is 35.1 Å². The Hall–Kier alpha value is -3.16. The van der Waals surface area contributed by atoms with E-state index in [-0.39, 0.29) is 23.7 Å². The van der Waals surface area contributed by atoms with Gasteiger partial charge in [0.1, 0.15) is 11.2 Å². The highest BCUT2D eigenvalue weighted by Crippen LogP contribution is 2.15. The molecule has 1 amide bonds. The minimum Gasteiger partial charge on any atom is -0.345 e. The molecule has 0 aliphatic heterocycles. The number of carbonyl (C=O) groups excluding carboxylic acids is 1. The summed E-state index contributed by atoms with van der Waals surface area (Å²) in [5.41, 5.74) is 0.000179. The summed E-state index contributed by atoms with van der Waals surface area (Å²) in [6.07, 6.45) is 0. The van der Waals surface area contributed by atoms with Gasteiger partial charge in [0, 0.05) is 6.54 Å². The molecule has 3 rings (SSSR count). The van der Waals surface area contributed by atoms with Gasteiger partial charge in [0.2, 0.25) is 0 Å². The zero-order chi connectivity index (χ0) is 18.1. The van der Waals surface area contributed by atoms with Gasteiger partial charge in [-0.2, -0.15) is 0 Å². The van der Waals surface area contributed by atoms with E-state index < -0.39 is 28.5 Å². The van der Waals surface area contributed by atoms with Gasteiger partial charge in [-0.25, -0.2) is 18.2 Å². The molecular formula is C17H12F3N3O2. The van der Waals surface area contributed by atoms with Gasteiger partial charge in [-0.3, -0.25) is 9.59 Å². The molecule has 0 radical (unpaired) electrons. The van der Waals surface area contributed by atoms with Crippen molar-refractivity contribution < 1.29 is 18.0 Å². The summed E-state index contributed by atoms with van der Waals surface area (Å²) in [5, 5.41) is 1.97. The molecule has 8 heteroatoms. The maximum atomic E-state index is 13.7. The van der Waals surface area contributed by atoms with Gasteiger partial charge in [-0.1, -0.05) is 12.1 Å². The zero-order valence-corrected chi connectivity index (χ0v) is 13.0. The van der Waals surface area contributed by atoms with E-state index in [1.54, 1.807) is 13.0 Å². The van der Waals surface area contributed by atoms with Gasteiger partial charge in [-0.05, 0) is 36.2 Å². The number of aryl methyl sites for hydroxylation is 1. The van der Waals surface area contributed by atoms with Crippen LogP contribution in [0.4, 0.5) is 13.2 Å². The maximum absolute atomic E-state index is 13.7. The SMILES string of the molecule is Cc1cc(CNC(=O)c2nc3ccc(F)c(F)c3c(=O)[nH]2)ccc1F. The van der Waals surface area contributed by atoms with E-state index in [9.17, 15) is 22.8 Å². The molecule has 25 heavy (non-hydrogen) atoms. The topological polar surface area (TPSA) is 74.8 Å². The van der Waals surface area contributed by atoms with Gasteiger partial charge in [0.25, 0.3) is 11.5 Å². The number of nitrogens with zero attached hydrogens (tertiary/aromatic N) is 1. The third-order valence-electron chi connectivity index (χ3n) is 3.65. The maximum Gasteiger partial charge on any atom is 0.287 e. The van der Waals surface area contributed by atoms with E-state index in [0.29, 0.717) is 11.1 Å². The first kappa shape index (κ1) is 16.7. The molecule has 0 atom stereocenters. The van der Waals surface area contributed by atoms with Gasteiger partial charge in [0.15, 0.2) is 17.5 Å². The van der Waals surface area contributed by atoms with Crippen molar-refractivity contribution in [3.8, 4) is 0 Å². The van der Waals surface area contributed by atoms with Crippen LogP contribution < -0.4 is 10.9 Å². The fourth-order valence-corrected chi connectivity index (χ4v) is 2.36. The molecule has 0 aliphatic carbocycles. The molecule has 0 saturated carbocycles. The number of rotatable bonds is 3. The Bertz CT molecular complexity index is 1050. The second-order valence-electron chi connectivity index (χ2n) is 5.44. The lowest BCUT2D eigenvalue weighted by Crippen LogP contribution is -2.28. The molecule has 0 saturated heterocycles. The van der Waals surface area contributed by atoms with E-state index in [0.717, 1.165) is 12.1 Å². The Labute approximate surface area is 139 Å². The summed E-state index contributed by atoms with van der Waals surface area (Å²) in [5.74, 6) is -3.89. The predicted octanol–water partition coefficient (Wildman–Crippen LogP) is 2.58. The molecule has 128 valence electrons. The largest absolute Gasteiger partial charge is 0.345 e. The molecule has 2 aromatic carbocycles. The third-order valence-corrected chi connectivity index (χ3v) is 3.65. The van der Waals surface area contributed by atoms with Crippen LogP contribution in [-0.4, -0.2) is 15.9 Å². The van der Waals surface area contributed by atoms with Crippen LogP contribution in [-0.2, 0) is 6.54 Å². The number of carbonyl (C=O) groups is 1. The average Bonchev–Trinajstić information content (AvgIpc) is 2.58. The molecule has 0 fully saturated rings. The van der Waals surface area contributed by atoms with E-state index in [4.69, 9.17) is 0 Å². The Morgan fingerprint density at radius 3 is 2.60 bits per heavy atom. The lowest BCUT2D eigenvalue weighted by atomic mass is 10.1. The predicted molar refractivity (Wildman–Crippen MR) is 84.6 cm³/mol. The van der Waals surface area contributed by atoms with Crippen LogP contribution in [0.25, 0.3) is 10.9 Å². The first-order valence-electron chi connectivity index (χ1n) is 7.28. The number of hydrogen-bond donors (Lipinski definition) is 2. The van der Waals surface area contributed by atoms with Crippen molar-refractivity contribution in [2.24, 2.45) is 0 Å². The highest BCUT2D eigenvalue weighted by atomic mass is 19.2. The van der Waals surface area contributed by atoms with Crippen molar-refractivity contribution in [2.45, 2.75) is 13.5 Å². The van der Waals surface area contributed by atoms with E-state index in [1.807, 2.05) is 0 Å².